The Balaban J connectivity index is 3.60. The molecule has 0 aromatic carbocycles. The van der Waals surface area contributed by atoms with Gasteiger partial charge in [-0.05, 0) is 31.8 Å². The van der Waals surface area contributed by atoms with Crippen molar-refractivity contribution in [3.05, 3.63) is 0 Å². The van der Waals surface area contributed by atoms with Crippen molar-refractivity contribution >= 4 is 0 Å². The van der Waals surface area contributed by atoms with Gasteiger partial charge < -0.3 is 5.32 Å². The van der Waals surface area contributed by atoms with Gasteiger partial charge in [0.05, 0.1) is 0 Å². The van der Waals surface area contributed by atoms with Crippen LogP contribution in [0.3, 0.4) is 0 Å². The second-order valence-electron chi connectivity index (χ2n) is 5.75. The van der Waals surface area contributed by atoms with Crippen molar-refractivity contribution in [2.24, 2.45) is 5.92 Å². The van der Waals surface area contributed by atoms with Gasteiger partial charge in [-0.15, -0.1) is 0 Å². The predicted molar refractivity (Wildman–Crippen MR) is 84.2 cm³/mol. The summed E-state index contributed by atoms with van der Waals surface area (Å²) in [6.45, 7) is 9.33. The molecule has 0 aliphatic carbocycles. The van der Waals surface area contributed by atoms with Crippen LogP contribution in [0.25, 0.3) is 0 Å². The van der Waals surface area contributed by atoms with Crippen LogP contribution in [0.4, 0.5) is 0 Å². The maximum absolute atomic E-state index is 3.60. The summed E-state index contributed by atoms with van der Waals surface area (Å²) >= 11 is 0. The zero-order chi connectivity index (χ0) is 13.5. The van der Waals surface area contributed by atoms with Gasteiger partial charge in [-0.1, -0.05) is 78.6 Å². The topological polar surface area (TPSA) is 12.0 Å². The average Bonchev–Trinajstić information content (AvgIpc) is 2.38. The minimum Gasteiger partial charge on any atom is -0.317 e. The van der Waals surface area contributed by atoms with Gasteiger partial charge in [-0.3, -0.25) is 0 Å². The zero-order valence-electron chi connectivity index (χ0n) is 13.3. The third-order valence-corrected chi connectivity index (χ3v) is 3.87. The summed E-state index contributed by atoms with van der Waals surface area (Å²) in [5, 5.41) is 3.60. The first-order valence-corrected chi connectivity index (χ1v) is 8.55. The molecule has 0 aliphatic heterocycles. The van der Waals surface area contributed by atoms with E-state index in [0.29, 0.717) is 0 Å². The second kappa shape index (κ2) is 15.0. The van der Waals surface area contributed by atoms with Gasteiger partial charge in [0.1, 0.15) is 0 Å². The average molecular weight is 255 g/mol. The minimum absolute atomic E-state index is 0.984. The number of unbranched alkanes of at least 4 members (excludes halogenated alkanes) is 5. The molecule has 0 fully saturated rings. The van der Waals surface area contributed by atoms with Crippen molar-refractivity contribution in [3.63, 3.8) is 0 Å². The van der Waals surface area contributed by atoms with E-state index >= 15 is 0 Å². The predicted octanol–water partition coefficient (Wildman–Crippen LogP) is 5.54. The smallest absolute Gasteiger partial charge is 0.00463 e. The Bertz CT molecular complexity index is 135. The van der Waals surface area contributed by atoms with Crippen LogP contribution in [0, 0.1) is 5.92 Å². The monoisotopic (exact) mass is 255 g/mol. The first-order valence-electron chi connectivity index (χ1n) is 8.55. The fraction of sp³-hybridized carbons (Fsp3) is 1.00. The first kappa shape index (κ1) is 18.0. The van der Waals surface area contributed by atoms with Gasteiger partial charge in [-0.2, -0.15) is 0 Å². The highest BCUT2D eigenvalue weighted by molar-refractivity contribution is 4.62. The van der Waals surface area contributed by atoms with Crippen molar-refractivity contribution in [2.45, 2.75) is 91.4 Å². The molecule has 1 heteroatoms. The second-order valence-corrected chi connectivity index (χ2v) is 5.75. The molecule has 0 spiro atoms. The Morgan fingerprint density at radius 2 is 1.17 bits per heavy atom. The first-order chi connectivity index (χ1) is 8.85. The highest BCUT2D eigenvalue weighted by Gasteiger charge is 2.07. The van der Waals surface area contributed by atoms with Crippen LogP contribution in [0.15, 0.2) is 0 Å². The lowest BCUT2D eigenvalue weighted by atomic mass is 9.92. The Kier molecular flexibility index (Phi) is 15.0. The van der Waals surface area contributed by atoms with Gasteiger partial charge in [-0.25, -0.2) is 0 Å². The quantitative estimate of drug-likeness (QED) is 0.402. The molecule has 0 atom stereocenters. The van der Waals surface area contributed by atoms with E-state index < -0.39 is 0 Å². The van der Waals surface area contributed by atoms with E-state index in [-0.39, 0.29) is 0 Å². The molecule has 1 nitrogen and oxygen atoms in total. The van der Waals surface area contributed by atoms with E-state index in [9.17, 15) is 0 Å². The van der Waals surface area contributed by atoms with Crippen molar-refractivity contribution in [2.75, 3.05) is 13.1 Å². The van der Waals surface area contributed by atoms with E-state index in [1.54, 1.807) is 0 Å². The van der Waals surface area contributed by atoms with Gasteiger partial charge in [0.2, 0.25) is 0 Å². The molecule has 1 N–H and O–H groups in total. The number of hydrogen-bond donors (Lipinski definition) is 1. The molecular weight excluding hydrogens is 218 g/mol. The molecule has 0 aromatic heterocycles. The van der Waals surface area contributed by atoms with E-state index in [4.69, 9.17) is 0 Å². The molecular formula is C17H37N. The van der Waals surface area contributed by atoms with Crippen LogP contribution >= 0.6 is 0 Å². The highest BCUT2D eigenvalue weighted by Crippen LogP contribution is 2.20. The number of nitrogens with one attached hydrogen (secondary N) is 1. The fourth-order valence-corrected chi connectivity index (χ4v) is 2.53. The molecule has 0 amide bonds. The van der Waals surface area contributed by atoms with Crippen molar-refractivity contribution in [1.82, 2.24) is 5.32 Å². The molecule has 0 heterocycles. The third kappa shape index (κ3) is 12.4. The van der Waals surface area contributed by atoms with Crippen LogP contribution in [-0.4, -0.2) is 13.1 Å². The molecule has 0 aromatic rings. The van der Waals surface area contributed by atoms with Gasteiger partial charge in [0, 0.05) is 0 Å². The summed E-state index contributed by atoms with van der Waals surface area (Å²) < 4.78 is 0. The summed E-state index contributed by atoms with van der Waals surface area (Å²) in [7, 11) is 0. The largest absolute Gasteiger partial charge is 0.317 e. The maximum atomic E-state index is 3.60. The van der Waals surface area contributed by atoms with Crippen LogP contribution in [0.1, 0.15) is 91.4 Å². The van der Waals surface area contributed by atoms with Crippen molar-refractivity contribution in [3.8, 4) is 0 Å². The van der Waals surface area contributed by atoms with E-state index in [2.05, 4.69) is 26.1 Å². The molecule has 0 saturated carbocycles. The summed E-state index contributed by atoms with van der Waals surface area (Å²) in [5.74, 6) is 0.984. The lowest BCUT2D eigenvalue weighted by molar-refractivity contribution is 0.377. The molecule has 0 radical (unpaired) electrons. The number of rotatable bonds is 14. The van der Waals surface area contributed by atoms with E-state index in [1.807, 2.05) is 0 Å². The van der Waals surface area contributed by atoms with Gasteiger partial charge >= 0.3 is 0 Å². The highest BCUT2D eigenvalue weighted by atomic mass is 14.8. The summed E-state index contributed by atoms with van der Waals surface area (Å²) in [5.41, 5.74) is 0. The minimum atomic E-state index is 0.984. The molecule has 0 rings (SSSR count). The molecule has 110 valence electrons. The van der Waals surface area contributed by atoms with Crippen LogP contribution < -0.4 is 5.32 Å². The summed E-state index contributed by atoms with van der Waals surface area (Å²) in [6, 6.07) is 0. The summed E-state index contributed by atoms with van der Waals surface area (Å²) in [4.78, 5) is 0. The molecule has 0 unspecified atom stereocenters. The molecule has 18 heavy (non-hydrogen) atoms. The standard InChI is InChI=1S/C17H37N/c1-4-7-10-12-17(13-11-8-5-2)14-16-18-15-9-6-3/h17-18H,4-16H2,1-3H3. The SMILES string of the molecule is CCCCCC(CCCCC)CCNCCCC. The van der Waals surface area contributed by atoms with Crippen LogP contribution in [0.5, 0.6) is 0 Å². The fourth-order valence-electron chi connectivity index (χ4n) is 2.53. The van der Waals surface area contributed by atoms with Crippen LogP contribution in [-0.2, 0) is 0 Å². The van der Waals surface area contributed by atoms with Crippen molar-refractivity contribution in [1.29, 1.82) is 0 Å². The Labute approximate surface area is 116 Å². The molecule has 0 bridgehead atoms. The third-order valence-electron chi connectivity index (χ3n) is 3.87. The van der Waals surface area contributed by atoms with E-state index in [1.165, 1.54) is 83.7 Å². The Morgan fingerprint density at radius 1 is 0.611 bits per heavy atom. The van der Waals surface area contributed by atoms with Crippen molar-refractivity contribution < 1.29 is 0 Å². The molecule has 0 aliphatic rings. The molecule has 0 saturated heterocycles. The maximum Gasteiger partial charge on any atom is -0.00463 e. The zero-order valence-corrected chi connectivity index (χ0v) is 13.3. The lowest BCUT2D eigenvalue weighted by Gasteiger charge is -2.17. The van der Waals surface area contributed by atoms with E-state index in [0.717, 1.165) is 5.92 Å². The summed E-state index contributed by atoms with van der Waals surface area (Å²) in [6.07, 6.45) is 15.4. The Morgan fingerprint density at radius 3 is 1.67 bits per heavy atom. The Hall–Kier alpha value is -0.0400. The lowest BCUT2D eigenvalue weighted by Crippen LogP contribution is -2.19. The van der Waals surface area contributed by atoms with Crippen LogP contribution in [0.2, 0.25) is 0 Å². The number of hydrogen-bond acceptors (Lipinski definition) is 1. The normalized spacial score (nSPS) is 11.3. The van der Waals surface area contributed by atoms with Gasteiger partial charge in [0.15, 0.2) is 0 Å². The van der Waals surface area contributed by atoms with Gasteiger partial charge in [0.25, 0.3) is 0 Å².